The van der Waals surface area contributed by atoms with Crippen molar-refractivity contribution in [1.29, 1.82) is 0 Å². The summed E-state index contributed by atoms with van der Waals surface area (Å²) in [6.07, 6.45) is 4.90. The van der Waals surface area contributed by atoms with Crippen LogP contribution in [0, 0.1) is 5.92 Å². The first kappa shape index (κ1) is 11.9. The Labute approximate surface area is 111 Å². The van der Waals surface area contributed by atoms with Crippen molar-refractivity contribution in [3.8, 4) is 0 Å². The maximum atomic E-state index is 12.0. The molecule has 0 aliphatic heterocycles. The summed E-state index contributed by atoms with van der Waals surface area (Å²) in [5.41, 5.74) is 0. The molecule has 0 radical (unpaired) electrons. The minimum atomic E-state index is -0.0760. The van der Waals surface area contributed by atoms with Crippen molar-refractivity contribution in [3.05, 3.63) is 5.01 Å². The Bertz CT molecular complexity index is 453. The predicted octanol–water partition coefficient (Wildman–Crippen LogP) is 2.68. The van der Waals surface area contributed by atoms with E-state index in [1.165, 1.54) is 37.0 Å². The smallest absolute Gasteiger partial charge is 0.323 e. The number of anilines is 1. The summed E-state index contributed by atoms with van der Waals surface area (Å²) >= 11 is 1.50. The van der Waals surface area contributed by atoms with Crippen molar-refractivity contribution in [2.24, 2.45) is 5.92 Å². The highest BCUT2D eigenvalue weighted by Gasteiger charge is 2.33. The Morgan fingerprint density at radius 2 is 2.11 bits per heavy atom. The highest BCUT2D eigenvalue weighted by molar-refractivity contribution is 7.15. The highest BCUT2D eigenvalue weighted by atomic mass is 32.1. The SMILES string of the molecule is C[C@H](C1CC1)N(C)C(=O)Nc1nnc(C2CC2)s1. The molecule has 6 heteroatoms. The second-order valence-electron chi connectivity index (χ2n) is 5.34. The maximum absolute atomic E-state index is 12.0. The third-order valence-electron chi connectivity index (χ3n) is 3.82. The van der Waals surface area contributed by atoms with Crippen LogP contribution in [-0.2, 0) is 0 Å². The summed E-state index contributed by atoms with van der Waals surface area (Å²) in [5, 5.41) is 12.7. The van der Waals surface area contributed by atoms with Crippen LogP contribution in [-0.4, -0.2) is 34.2 Å². The standard InChI is InChI=1S/C12H18N4OS/c1-7(8-3-4-8)16(2)12(17)13-11-15-14-10(18-11)9-5-6-9/h7-9H,3-6H2,1-2H3,(H,13,15,17)/t7-/m1/s1. The molecule has 2 fully saturated rings. The van der Waals surface area contributed by atoms with Gasteiger partial charge in [0.25, 0.3) is 0 Å². The van der Waals surface area contributed by atoms with Gasteiger partial charge in [-0.05, 0) is 38.5 Å². The van der Waals surface area contributed by atoms with Gasteiger partial charge < -0.3 is 4.90 Å². The fourth-order valence-electron chi connectivity index (χ4n) is 2.04. The molecule has 0 unspecified atom stereocenters. The number of hydrogen-bond donors (Lipinski definition) is 1. The van der Waals surface area contributed by atoms with E-state index in [0.29, 0.717) is 23.0 Å². The second-order valence-corrected chi connectivity index (χ2v) is 6.35. The van der Waals surface area contributed by atoms with Gasteiger partial charge in [-0.2, -0.15) is 0 Å². The number of carbonyl (C=O) groups is 1. The topological polar surface area (TPSA) is 58.1 Å². The van der Waals surface area contributed by atoms with Gasteiger partial charge in [0.1, 0.15) is 5.01 Å². The van der Waals surface area contributed by atoms with E-state index in [9.17, 15) is 4.79 Å². The van der Waals surface area contributed by atoms with Gasteiger partial charge >= 0.3 is 6.03 Å². The Kier molecular flexibility index (Phi) is 2.97. The number of nitrogens with zero attached hydrogens (tertiary/aromatic N) is 3. The number of rotatable bonds is 4. The summed E-state index contributed by atoms with van der Waals surface area (Å²) < 4.78 is 0. The molecule has 0 aromatic carbocycles. The van der Waals surface area contributed by atoms with Crippen LogP contribution in [0.1, 0.15) is 43.5 Å². The highest BCUT2D eigenvalue weighted by Crippen LogP contribution is 2.42. The molecule has 1 aromatic rings. The average molecular weight is 266 g/mol. The number of hydrogen-bond acceptors (Lipinski definition) is 4. The summed E-state index contributed by atoms with van der Waals surface area (Å²) in [6.45, 7) is 2.10. The largest absolute Gasteiger partial charge is 0.325 e. The molecule has 18 heavy (non-hydrogen) atoms. The molecule has 1 aromatic heterocycles. The molecule has 3 rings (SSSR count). The molecule has 0 spiro atoms. The average Bonchev–Trinajstić information content (AvgIpc) is 3.26. The van der Waals surface area contributed by atoms with Crippen LogP contribution in [0.2, 0.25) is 0 Å². The van der Waals surface area contributed by atoms with Crippen LogP contribution >= 0.6 is 11.3 Å². The van der Waals surface area contributed by atoms with Crippen LogP contribution in [0.3, 0.4) is 0 Å². The lowest BCUT2D eigenvalue weighted by Crippen LogP contribution is -2.39. The van der Waals surface area contributed by atoms with Crippen LogP contribution in [0.25, 0.3) is 0 Å². The van der Waals surface area contributed by atoms with Crippen molar-refractivity contribution < 1.29 is 4.79 Å². The minimum Gasteiger partial charge on any atom is -0.325 e. The third-order valence-corrected chi connectivity index (χ3v) is 4.82. The van der Waals surface area contributed by atoms with Gasteiger partial charge in [-0.3, -0.25) is 5.32 Å². The van der Waals surface area contributed by atoms with Crippen LogP contribution in [0.4, 0.5) is 9.93 Å². The summed E-state index contributed by atoms with van der Waals surface area (Å²) in [6, 6.07) is 0.230. The normalized spacial score (nSPS) is 20.6. The van der Waals surface area contributed by atoms with Crippen molar-refractivity contribution in [2.75, 3.05) is 12.4 Å². The van der Waals surface area contributed by atoms with E-state index in [-0.39, 0.29) is 6.03 Å². The van der Waals surface area contributed by atoms with Gasteiger partial charge in [0, 0.05) is 19.0 Å². The molecule has 1 heterocycles. The zero-order valence-corrected chi connectivity index (χ0v) is 11.5. The molecule has 5 nitrogen and oxygen atoms in total. The van der Waals surface area contributed by atoms with E-state index in [1.807, 2.05) is 7.05 Å². The van der Waals surface area contributed by atoms with Gasteiger partial charge in [0.15, 0.2) is 0 Å². The lowest BCUT2D eigenvalue weighted by atomic mass is 10.2. The van der Waals surface area contributed by atoms with Crippen LogP contribution < -0.4 is 5.32 Å². The molecule has 1 atom stereocenters. The van der Waals surface area contributed by atoms with Gasteiger partial charge in [0.2, 0.25) is 5.13 Å². The molecule has 2 saturated carbocycles. The monoisotopic (exact) mass is 266 g/mol. The Balaban J connectivity index is 1.58. The van der Waals surface area contributed by atoms with E-state index in [4.69, 9.17) is 0 Å². The molecule has 98 valence electrons. The molecule has 0 bridgehead atoms. The maximum Gasteiger partial charge on any atom is 0.323 e. The molecule has 2 amide bonds. The van der Waals surface area contributed by atoms with E-state index in [0.717, 1.165) is 5.01 Å². The quantitative estimate of drug-likeness (QED) is 0.911. The number of amides is 2. The molecular weight excluding hydrogens is 248 g/mol. The fraction of sp³-hybridized carbons (Fsp3) is 0.750. The molecule has 2 aliphatic carbocycles. The van der Waals surface area contributed by atoms with Crippen molar-refractivity contribution in [3.63, 3.8) is 0 Å². The van der Waals surface area contributed by atoms with Crippen molar-refractivity contribution >= 4 is 22.5 Å². The van der Waals surface area contributed by atoms with Gasteiger partial charge in [-0.15, -0.1) is 10.2 Å². The Morgan fingerprint density at radius 3 is 2.72 bits per heavy atom. The number of carbonyl (C=O) groups excluding carboxylic acids is 1. The molecule has 0 saturated heterocycles. The van der Waals surface area contributed by atoms with E-state index in [2.05, 4.69) is 22.4 Å². The van der Waals surface area contributed by atoms with E-state index >= 15 is 0 Å². The van der Waals surface area contributed by atoms with Crippen LogP contribution in [0.5, 0.6) is 0 Å². The first-order valence-corrected chi connectivity index (χ1v) is 7.34. The Hall–Kier alpha value is -1.17. The van der Waals surface area contributed by atoms with E-state index in [1.54, 1.807) is 4.90 Å². The summed E-state index contributed by atoms with van der Waals surface area (Å²) in [4.78, 5) is 13.8. The second kappa shape index (κ2) is 4.50. The minimum absolute atomic E-state index is 0.0760. The van der Waals surface area contributed by atoms with Crippen molar-refractivity contribution in [1.82, 2.24) is 15.1 Å². The summed E-state index contributed by atoms with van der Waals surface area (Å²) in [5.74, 6) is 1.27. The first-order chi connectivity index (χ1) is 8.65. The zero-order chi connectivity index (χ0) is 12.7. The number of urea groups is 1. The molecule has 2 aliphatic rings. The molecular formula is C12H18N4OS. The molecule has 1 N–H and O–H groups in total. The predicted molar refractivity (Wildman–Crippen MR) is 70.9 cm³/mol. The lowest BCUT2D eigenvalue weighted by molar-refractivity contribution is 0.201. The number of nitrogens with one attached hydrogen (secondary N) is 1. The summed E-state index contributed by atoms with van der Waals surface area (Å²) in [7, 11) is 1.85. The van der Waals surface area contributed by atoms with Crippen molar-refractivity contribution in [2.45, 2.75) is 44.6 Å². The van der Waals surface area contributed by atoms with Crippen LogP contribution in [0.15, 0.2) is 0 Å². The Morgan fingerprint density at radius 1 is 1.39 bits per heavy atom. The van der Waals surface area contributed by atoms with Gasteiger partial charge in [-0.25, -0.2) is 4.79 Å². The first-order valence-electron chi connectivity index (χ1n) is 6.52. The van der Waals surface area contributed by atoms with Gasteiger partial charge in [0.05, 0.1) is 0 Å². The van der Waals surface area contributed by atoms with E-state index < -0.39 is 0 Å². The fourth-order valence-corrected chi connectivity index (χ4v) is 2.94. The van der Waals surface area contributed by atoms with Gasteiger partial charge in [-0.1, -0.05) is 11.3 Å². The third kappa shape index (κ3) is 2.48. The number of aromatic nitrogens is 2. The zero-order valence-electron chi connectivity index (χ0n) is 10.7. The lowest BCUT2D eigenvalue weighted by Gasteiger charge is -2.24.